The van der Waals surface area contributed by atoms with Crippen molar-refractivity contribution < 1.29 is 9.53 Å². The number of rotatable bonds is 4. The van der Waals surface area contributed by atoms with Gasteiger partial charge in [0.05, 0.1) is 0 Å². The summed E-state index contributed by atoms with van der Waals surface area (Å²) in [5, 5.41) is 3.50. The summed E-state index contributed by atoms with van der Waals surface area (Å²) < 4.78 is 5.20. The Bertz CT molecular complexity index is 288. The molecule has 0 aromatic heterocycles. The van der Waals surface area contributed by atoms with Crippen LogP contribution in [0.4, 0.5) is 0 Å². The maximum atomic E-state index is 12.3. The number of ether oxygens (including phenoxy) is 1. The number of piperidine rings is 2. The third-order valence-corrected chi connectivity index (χ3v) is 4.69. The van der Waals surface area contributed by atoms with Crippen molar-refractivity contribution in [3.8, 4) is 0 Å². The molecule has 2 rings (SSSR count). The summed E-state index contributed by atoms with van der Waals surface area (Å²) in [5.74, 6) is 1.60. The number of hydrogen-bond donors (Lipinski definition) is 1. The average Bonchev–Trinajstić information content (AvgIpc) is 2.42. The summed E-state index contributed by atoms with van der Waals surface area (Å²) in [6.45, 7) is 5.98. The Balaban J connectivity index is 1.74. The van der Waals surface area contributed by atoms with E-state index in [2.05, 4.69) is 17.1 Å². The molecule has 110 valence electrons. The molecule has 2 fully saturated rings. The highest BCUT2D eigenvalue weighted by atomic mass is 16.5. The van der Waals surface area contributed by atoms with E-state index in [1.54, 1.807) is 7.11 Å². The number of hydrogen-bond acceptors (Lipinski definition) is 3. The van der Waals surface area contributed by atoms with Crippen LogP contribution in [0.5, 0.6) is 0 Å². The van der Waals surface area contributed by atoms with Crippen molar-refractivity contribution in [2.24, 2.45) is 11.8 Å². The molecule has 2 saturated heterocycles. The Morgan fingerprint density at radius 1 is 1.32 bits per heavy atom. The first-order valence-electron chi connectivity index (χ1n) is 7.70. The zero-order chi connectivity index (χ0) is 13.7. The highest BCUT2D eigenvalue weighted by Gasteiger charge is 2.27. The molecule has 0 bridgehead atoms. The van der Waals surface area contributed by atoms with E-state index in [9.17, 15) is 4.79 Å². The summed E-state index contributed by atoms with van der Waals surface area (Å²) in [5.41, 5.74) is 0. The summed E-state index contributed by atoms with van der Waals surface area (Å²) >= 11 is 0. The SMILES string of the molecule is COCC1CCN(C(=O)CC2NCCCC2C)CC1. The number of methoxy groups -OCH3 is 1. The third kappa shape index (κ3) is 4.18. The lowest BCUT2D eigenvalue weighted by Crippen LogP contribution is -2.46. The maximum absolute atomic E-state index is 12.3. The van der Waals surface area contributed by atoms with E-state index >= 15 is 0 Å². The summed E-state index contributed by atoms with van der Waals surface area (Å²) in [7, 11) is 1.76. The van der Waals surface area contributed by atoms with Crippen LogP contribution in [-0.4, -0.2) is 50.2 Å². The summed E-state index contributed by atoms with van der Waals surface area (Å²) in [6.07, 6.45) is 5.35. The molecule has 2 aliphatic rings. The van der Waals surface area contributed by atoms with Crippen LogP contribution in [0.3, 0.4) is 0 Å². The molecule has 0 saturated carbocycles. The van der Waals surface area contributed by atoms with Crippen LogP contribution >= 0.6 is 0 Å². The van der Waals surface area contributed by atoms with E-state index in [1.165, 1.54) is 12.8 Å². The van der Waals surface area contributed by atoms with Gasteiger partial charge in [-0.2, -0.15) is 0 Å². The van der Waals surface area contributed by atoms with Crippen molar-refractivity contribution in [3.05, 3.63) is 0 Å². The second kappa shape index (κ2) is 7.25. The largest absolute Gasteiger partial charge is 0.384 e. The highest BCUT2D eigenvalue weighted by Crippen LogP contribution is 2.21. The lowest BCUT2D eigenvalue weighted by molar-refractivity contribution is -0.133. The van der Waals surface area contributed by atoms with Crippen molar-refractivity contribution in [1.29, 1.82) is 0 Å². The molecule has 0 aromatic rings. The number of carbonyl (C=O) groups excluding carboxylic acids is 1. The second-order valence-electron chi connectivity index (χ2n) is 6.16. The van der Waals surface area contributed by atoms with Gasteiger partial charge in [0.1, 0.15) is 0 Å². The molecule has 4 nitrogen and oxygen atoms in total. The van der Waals surface area contributed by atoms with Gasteiger partial charge >= 0.3 is 0 Å². The number of nitrogens with zero attached hydrogens (tertiary/aromatic N) is 1. The minimum Gasteiger partial charge on any atom is -0.384 e. The topological polar surface area (TPSA) is 41.6 Å². The average molecular weight is 268 g/mol. The zero-order valence-electron chi connectivity index (χ0n) is 12.4. The molecular formula is C15H28N2O2. The second-order valence-corrected chi connectivity index (χ2v) is 6.16. The van der Waals surface area contributed by atoms with Crippen molar-refractivity contribution in [2.45, 2.75) is 45.1 Å². The first-order chi connectivity index (χ1) is 9.20. The lowest BCUT2D eigenvalue weighted by atomic mass is 9.90. The molecule has 2 aliphatic heterocycles. The molecule has 0 spiro atoms. The first-order valence-corrected chi connectivity index (χ1v) is 7.70. The Kier molecular flexibility index (Phi) is 5.64. The van der Waals surface area contributed by atoms with Gasteiger partial charge in [0.2, 0.25) is 5.91 Å². The number of nitrogens with one attached hydrogen (secondary N) is 1. The molecule has 0 radical (unpaired) electrons. The minimum atomic E-state index is 0.335. The molecule has 0 aromatic carbocycles. The predicted octanol–water partition coefficient (Wildman–Crippen LogP) is 1.65. The Labute approximate surface area is 116 Å². The quantitative estimate of drug-likeness (QED) is 0.843. The molecule has 2 atom stereocenters. The molecule has 2 heterocycles. The monoisotopic (exact) mass is 268 g/mol. The Morgan fingerprint density at radius 3 is 2.68 bits per heavy atom. The van der Waals surface area contributed by atoms with E-state index < -0.39 is 0 Å². The van der Waals surface area contributed by atoms with E-state index in [-0.39, 0.29) is 0 Å². The smallest absolute Gasteiger partial charge is 0.224 e. The maximum Gasteiger partial charge on any atom is 0.224 e. The fourth-order valence-electron chi connectivity index (χ4n) is 3.29. The van der Waals surface area contributed by atoms with Crippen LogP contribution in [0.1, 0.15) is 39.0 Å². The van der Waals surface area contributed by atoms with Gasteiger partial charge in [0, 0.05) is 39.3 Å². The summed E-state index contributed by atoms with van der Waals surface area (Å²) in [6, 6.07) is 0.387. The third-order valence-electron chi connectivity index (χ3n) is 4.69. The van der Waals surface area contributed by atoms with Gasteiger partial charge in [0.25, 0.3) is 0 Å². The van der Waals surface area contributed by atoms with Crippen molar-refractivity contribution >= 4 is 5.91 Å². The van der Waals surface area contributed by atoms with Crippen LogP contribution < -0.4 is 5.32 Å². The van der Waals surface area contributed by atoms with E-state index in [4.69, 9.17) is 4.74 Å². The predicted molar refractivity (Wildman–Crippen MR) is 76.0 cm³/mol. The molecule has 1 amide bonds. The number of likely N-dealkylation sites (tertiary alicyclic amines) is 1. The fourth-order valence-corrected chi connectivity index (χ4v) is 3.29. The van der Waals surface area contributed by atoms with Gasteiger partial charge in [-0.05, 0) is 44.1 Å². The van der Waals surface area contributed by atoms with Crippen LogP contribution in [-0.2, 0) is 9.53 Å². The highest BCUT2D eigenvalue weighted by molar-refractivity contribution is 5.77. The van der Waals surface area contributed by atoms with Crippen LogP contribution in [0.15, 0.2) is 0 Å². The van der Waals surface area contributed by atoms with Gasteiger partial charge in [-0.15, -0.1) is 0 Å². The fraction of sp³-hybridized carbons (Fsp3) is 0.933. The number of amides is 1. The van der Waals surface area contributed by atoms with Crippen molar-refractivity contribution in [1.82, 2.24) is 10.2 Å². The molecule has 19 heavy (non-hydrogen) atoms. The van der Waals surface area contributed by atoms with Crippen LogP contribution in [0, 0.1) is 11.8 Å². The Hall–Kier alpha value is -0.610. The molecule has 1 N–H and O–H groups in total. The van der Waals surface area contributed by atoms with E-state index in [0.717, 1.165) is 39.1 Å². The van der Waals surface area contributed by atoms with Crippen LogP contribution in [0.2, 0.25) is 0 Å². The van der Waals surface area contributed by atoms with Crippen molar-refractivity contribution in [3.63, 3.8) is 0 Å². The number of carbonyl (C=O) groups is 1. The normalized spacial score (nSPS) is 29.5. The van der Waals surface area contributed by atoms with Gasteiger partial charge in [0.15, 0.2) is 0 Å². The standard InChI is InChI=1S/C15H28N2O2/c1-12-4-3-7-16-14(12)10-15(18)17-8-5-13(6-9-17)11-19-2/h12-14,16H,3-11H2,1-2H3. The summed E-state index contributed by atoms with van der Waals surface area (Å²) in [4.78, 5) is 14.4. The first kappa shape index (κ1) is 14.8. The van der Waals surface area contributed by atoms with Gasteiger partial charge < -0.3 is 15.0 Å². The molecular weight excluding hydrogens is 240 g/mol. The Morgan fingerprint density at radius 2 is 2.05 bits per heavy atom. The van der Waals surface area contributed by atoms with Gasteiger partial charge in [-0.1, -0.05) is 6.92 Å². The molecule has 2 unspecified atom stereocenters. The lowest BCUT2D eigenvalue weighted by Gasteiger charge is -2.35. The van der Waals surface area contributed by atoms with E-state index in [0.29, 0.717) is 30.2 Å². The molecule has 4 heteroatoms. The van der Waals surface area contributed by atoms with Gasteiger partial charge in [-0.3, -0.25) is 4.79 Å². The van der Waals surface area contributed by atoms with Gasteiger partial charge in [-0.25, -0.2) is 0 Å². The van der Waals surface area contributed by atoms with Crippen molar-refractivity contribution in [2.75, 3.05) is 33.4 Å². The minimum absolute atomic E-state index is 0.335. The van der Waals surface area contributed by atoms with Crippen LogP contribution in [0.25, 0.3) is 0 Å². The zero-order valence-corrected chi connectivity index (χ0v) is 12.4. The molecule has 0 aliphatic carbocycles. The van der Waals surface area contributed by atoms with E-state index in [1.807, 2.05) is 0 Å².